The predicted molar refractivity (Wildman–Crippen MR) is 129 cm³/mol. The summed E-state index contributed by atoms with van der Waals surface area (Å²) in [5.41, 5.74) is 2.97. The molecule has 3 heterocycles. The average molecular weight is 466 g/mol. The number of hydrogen-bond donors (Lipinski definition) is 2. The molecule has 1 atom stereocenters. The van der Waals surface area contributed by atoms with Crippen molar-refractivity contribution in [3.8, 4) is 22.5 Å². The first-order chi connectivity index (χ1) is 16.7. The van der Waals surface area contributed by atoms with Crippen molar-refractivity contribution in [2.45, 2.75) is 57.5 Å². The van der Waals surface area contributed by atoms with Crippen molar-refractivity contribution < 1.29 is 14.0 Å². The molecule has 1 saturated heterocycles. The fourth-order valence-corrected chi connectivity index (χ4v) is 5.14. The number of aromatic nitrogens is 3. The molecule has 1 aliphatic heterocycles. The van der Waals surface area contributed by atoms with Gasteiger partial charge in [0, 0.05) is 31.0 Å². The average Bonchev–Trinajstić information content (AvgIpc) is 3.29. The summed E-state index contributed by atoms with van der Waals surface area (Å²) in [5, 5.41) is 17.5. The van der Waals surface area contributed by atoms with Gasteiger partial charge in [0.25, 0.3) is 0 Å². The van der Waals surface area contributed by atoms with Crippen LogP contribution in [-0.2, 0) is 6.54 Å². The summed E-state index contributed by atoms with van der Waals surface area (Å²) in [6, 6.07) is 8.56. The van der Waals surface area contributed by atoms with E-state index in [2.05, 4.69) is 20.4 Å². The van der Waals surface area contributed by atoms with Crippen LogP contribution >= 0.6 is 0 Å². The lowest BCUT2D eigenvalue weighted by atomic mass is 9.96. The zero-order valence-corrected chi connectivity index (χ0v) is 19.4. The standard InChI is InChI=1S/C26H32FN5O2/c27-20-10-8-19(9-11-20)25-24(23(34-31-25)16-32-14-4-5-18(15-32)17-33)22-12-13-28-26(30-22)29-21-6-2-1-3-7-21/h8-13,18,21,33H,1-7,14-17H2,(H,28,29,30). The van der Waals surface area contributed by atoms with Crippen LogP contribution in [0.25, 0.3) is 22.5 Å². The van der Waals surface area contributed by atoms with Gasteiger partial charge in [-0.05, 0) is 68.5 Å². The van der Waals surface area contributed by atoms with Crippen molar-refractivity contribution in [1.82, 2.24) is 20.0 Å². The Labute approximate surface area is 199 Å². The van der Waals surface area contributed by atoms with E-state index in [1.807, 2.05) is 6.07 Å². The molecule has 1 saturated carbocycles. The Morgan fingerprint density at radius 3 is 2.68 bits per heavy atom. The smallest absolute Gasteiger partial charge is 0.223 e. The van der Waals surface area contributed by atoms with E-state index in [0.29, 0.717) is 24.2 Å². The van der Waals surface area contributed by atoms with Crippen LogP contribution in [0.2, 0.25) is 0 Å². The predicted octanol–water partition coefficient (Wildman–Crippen LogP) is 4.89. The quantitative estimate of drug-likeness (QED) is 0.514. The van der Waals surface area contributed by atoms with Gasteiger partial charge in [-0.15, -0.1) is 0 Å². The van der Waals surface area contributed by atoms with Crippen molar-refractivity contribution in [2.24, 2.45) is 5.92 Å². The molecule has 0 radical (unpaired) electrons. The van der Waals surface area contributed by atoms with Crippen LogP contribution in [0.5, 0.6) is 0 Å². The molecule has 3 aromatic rings. The van der Waals surface area contributed by atoms with Gasteiger partial charge in [0.15, 0.2) is 5.76 Å². The summed E-state index contributed by atoms with van der Waals surface area (Å²) in [4.78, 5) is 11.6. The number of nitrogens with zero attached hydrogens (tertiary/aromatic N) is 4. The van der Waals surface area contributed by atoms with E-state index >= 15 is 0 Å². The maximum atomic E-state index is 13.6. The van der Waals surface area contributed by atoms with Crippen molar-refractivity contribution >= 4 is 5.95 Å². The minimum atomic E-state index is -0.293. The molecular weight excluding hydrogens is 433 g/mol. The second kappa shape index (κ2) is 10.6. The molecule has 0 amide bonds. The number of anilines is 1. The van der Waals surface area contributed by atoms with Crippen LogP contribution in [0.1, 0.15) is 50.7 Å². The number of halogens is 1. The topological polar surface area (TPSA) is 87.3 Å². The Bertz CT molecular complexity index is 1080. The zero-order valence-electron chi connectivity index (χ0n) is 19.4. The number of piperidine rings is 1. The first kappa shape index (κ1) is 22.9. The minimum absolute atomic E-state index is 0.197. The first-order valence-electron chi connectivity index (χ1n) is 12.4. The summed E-state index contributed by atoms with van der Waals surface area (Å²) in [5.74, 6) is 1.32. The Morgan fingerprint density at radius 1 is 1.06 bits per heavy atom. The van der Waals surface area contributed by atoms with Crippen LogP contribution in [0, 0.1) is 11.7 Å². The highest BCUT2D eigenvalue weighted by molar-refractivity contribution is 5.80. The van der Waals surface area contributed by atoms with Crippen molar-refractivity contribution in [3.05, 3.63) is 48.1 Å². The maximum Gasteiger partial charge on any atom is 0.223 e. The highest BCUT2D eigenvalue weighted by Crippen LogP contribution is 2.35. The van der Waals surface area contributed by atoms with E-state index in [-0.39, 0.29) is 18.3 Å². The molecule has 2 aromatic heterocycles. The van der Waals surface area contributed by atoms with Gasteiger partial charge in [-0.25, -0.2) is 14.4 Å². The third-order valence-corrected chi connectivity index (χ3v) is 6.96. The molecule has 1 aliphatic carbocycles. The molecule has 180 valence electrons. The zero-order chi connectivity index (χ0) is 23.3. The van der Waals surface area contributed by atoms with Gasteiger partial charge in [0.2, 0.25) is 5.95 Å². The molecule has 1 aromatic carbocycles. The number of aliphatic hydroxyl groups excluding tert-OH is 1. The van der Waals surface area contributed by atoms with Gasteiger partial charge < -0.3 is 14.9 Å². The lowest BCUT2D eigenvalue weighted by Crippen LogP contribution is -2.36. The molecule has 2 fully saturated rings. The van der Waals surface area contributed by atoms with Gasteiger partial charge in [0.1, 0.15) is 11.5 Å². The SMILES string of the molecule is OCC1CCCN(Cc2onc(-c3ccc(F)cc3)c2-c2ccnc(NC3CCCCC3)n2)C1. The highest BCUT2D eigenvalue weighted by Gasteiger charge is 2.26. The molecule has 5 rings (SSSR count). The molecule has 0 bridgehead atoms. The summed E-state index contributed by atoms with van der Waals surface area (Å²) in [6.45, 7) is 2.54. The van der Waals surface area contributed by atoms with Gasteiger partial charge in [-0.3, -0.25) is 4.90 Å². The number of aliphatic hydroxyl groups is 1. The fourth-order valence-electron chi connectivity index (χ4n) is 5.14. The largest absolute Gasteiger partial charge is 0.396 e. The van der Waals surface area contributed by atoms with E-state index in [4.69, 9.17) is 9.51 Å². The number of nitrogens with one attached hydrogen (secondary N) is 1. The summed E-state index contributed by atoms with van der Waals surface area (Å²) >= 11 is 0. The Kier molecular flexibility index (Phi) is 7.16. The van der Waals surface area contributed by atoms with E-state index in [1.54, 1.807) is 18.3 Å². The van der Waals surface area contributed by atoms with Gasteiger partial charge in [0.05, 0.1) is 17.8 Å². The van der Waals surface area contributed by atoms with Crippen LogP contribution < -0.4 is 5.32 Å². The number of hydrogen-bond acceptors (Lipinski definition) is 7. The Balaban J connectivity index is 1.48. The molecule has 2 aliphatic rings. The van der Waals surface area contributed by atoms with Crippen molar-refractivity contribution in [1.29, 1.82) is 0 Å². The summed E-state index contributed by atoms with van der Waals surface area (Å²) < 4.78 is 19.5. The van der Waals surface area contributed by atoms with Gasteiger partial charge in [-0.2, -0.15) is 0 Å². The van der Waals surface area contributed by atoms with E-state index in [9.17, 15) is 9.50 Å². The lowest BCUT2D eigenvalue weighted by molar-refractivity contribution is 0.108. The van der Waals surface area contributed by atoms with Gasteiger partial charge in [-0.1, -0.05) is 24.4 Å². The number of benzene rings is 1. The Morgan fingerprint density at radius 2 is 1.88 bits per heavy atom. The summed E-state index contributed by atoms with van der Waals surface area (Å²) in [6.07, 6.45) is 9.86. The van der Waals surface area contributed by atoms with Crippen LogP contribution in [0.3, 0.4) is 0 Å². The van der Waals surface area contributed by atoms with Crippen LogP contribution in [0.15, 0.2) is 41.1 Å². The summed E-state index contributed by atoms with van der Waals surface area (Å²) in [7, 11) is 0. The third-order valence-electron chi connectivity index (χ3n) is 6.96. The van der Waals surface area contributed by atoms with Crippen molar-refractivity contribution in [2.75, 3.05) is 25.0 Å². The number of rotatable bonds is 7. The van der Waals surface area contributed by atoms with Crippen LogP contribution in [0.4, 0.5) is 10.3 Å². The molecule has 1 unspecified atom stereocenters. The van der Waals surface area contributed by atoms with Crippen molar-refractivity contribution in [3.63, 3.8) is 0 Å². The molecule has 8 heteroatoms. The lowest BCUT2D eigenvalue weighted by Gasteiger charge is -2.31. The van der Waals surface area contributed by atoms with E-state index in [1.165, 1.54) is 31.4 Å². The van der Waals surface area contributed by atoms with E-state index in [0.717, 1.165) is 61.4 Å². The minimum Gasteiger partial charge on any atom is -0.396 e. The second-order valence-electron chi connectivity index (χ2n) is 9.51. The third kappa shape index (κ3) is 5.28. The number of likely N-dealkylation sites (tertiary alicyclic amines) is 1. The normalized spacial score (nSPS) is 19.9. The first-order valence-corrected chi connectivity index (χ1v) is 12.4. The second-order valence-corrected chi connectivity index (χ2v) is 9.51. The van der Waals surface area contributed by atoms with Gasteiger partial charge >= 0.3 is 0 Å². The van der Waals surface area contributed by atoms with E-state index < -0.39 is 0 Å². The molecule has 2 N–H and O–H groups in total. The molecule has 34 heavy (non-hydrogen) atoms. The molecule has 7 nitrogen and oxygen atoms in total. The fraction of sp³-hybridized carbons (Fsp3) is 0.500. The highest BCUT2D eigenvalue weighted by atomic mass is 19.1. The molecule has 0 spiro atoms. The maximum absolute atomic E-state index is 13.6. The Hall–Kier alpha value is -2.84. The monoisotopic (exact) mass is 465 g/mol. The van der Waals surface area contributed by atoms with Crippen LogP contribution in [-0.4, -0.2) is 50.9 Å². The molecular formula is C26H32FN5O2.